The van der Waals surface area contributed by atoms with Gasteiger partial charge in [0.25, 0.3) is 5.91 Å². The number of alkyl halides is 3. The molecule has 34 heavy (non-hydrogen) atoms. The average Bonchev–Trinajstić information content (AvgIpc) is 2.76. The van der Waals surface area contributed by atoms with Crippen LogP contribution in [0.1, 0.15) is 18.1 Å². The summed E-state index contributed by atoms with van der Waals surface area (Å²) in [6, 6.07) is 1.90. The molecule has 9 N–H and O–H groups in total. The van der Waals surface area contributed by atoms with E-state index >= 15 is 0 Å². The van der Waals surface area contributed by atoms with Crippen molar-refractivity contribution in [3.63, 3.8) is 0 Å². The van der Waals surface area contributed by atoms with E-state index in [1.54, 1.807) is 0 Å². The molecule has 2 amide bonds. The van der Waals surface area contributed by atoms with Gasteiger partial charge in [-0.15, -0.1) is 0 Å². The number of halogens is 3. The molecule has 5 atom stereocenters. The van der Waals surface area contributed by atoms with Crippen LogP contribution in [0.2, 0.25) is 0 Å². The van der Waals surface area contributed by atoms with Gasteiger partial charge in [0, 0.05) is 13.5 Å². The van der Waals surface area contributed by atoms with Crippen LogP contribution >= 0.6 is 0 Å². The molecular formula is C20H26F3N5O6. The van der Waals surface area contributed by atoms with Crippen molar-refractivity contribution < 1.29 is 42.8 Å². The Morgan fingerprint density at radius 2 is 1.82 bits per heavy atom. The molecule has 0 fully saturated rings. The van der Waals surface area contributed by atoms with Gasteiger partial charge in [-0.2, -0.15) is 13.2 Å². The smallest absolute Gasteiger partial charge is 0.416 e. The second-order valence-corrected chi connectivity index (χ2v) is 7.50. The molecule has 0 aromatic heterocycles. The Balaban J connectivity index is 2.27. The molecule has 0 unspecified atom stereocenters. The summed E-state index contributed by atoms with van der Waals surface area (Å²) in [5.41, 5.74) is 10.4. The number of carbonyl (C=O) groups is 2. The number of aliphatic hydroxyl groups is 3. The van der Waals surface area contributed by atoms with E-state index < -0.39 is 66.5 Å². The zero-order valence-electron chi connectivity index (χ0n) is 18.0. The molecule has 0 saturated heterocycles. The van der Waals surface area contributed by atoms with E-state index in [4.69, 9.17) is 16.2 Å². The van der Waals surface area contributed by atoms with Crippen molar-refractivity contribution in [3.05, 3.63) is 47.2 Å². The van der Waals surface area contributed by atoms with Gasteiger partial charge in [0.05, 0.1) is 24.3 Å². The van der Waals surface area contributed by atoms with Gasteiger partial charge in [-0.3, -0.25) is 9.59 Å². The molecule has 1 aliphatic rings. The zero-order valence-corrected chi connectivity index (χ0v) is 18.0. The lowest BCUT2D eigenvalue weighted by Gasteiger charge is -2.39. The van der Waals surface area contributed by atoms with Crippen molar-refractivity contribution in [2.75, 3.05) is 6.61 Å². The molecule has 1 aromatic rings. The molecule has 2 rings (SSSR count). The second kappa shape index (κ2) is 11.2. The number of aliphatic imine (C=N–C) groups is 1. The number of nitrogens with zero attached hydrogens (tertiary/aromatic N) is 1. The maximum absolute atomic E-state index is 12.7. The number of guanidine groups is 1. The Labute approximate surface area is 192 Å². The molecule has 0 radical (unpaired) electrons. The molecule has 1 aromatic carbocycles. The summed E-state index contributed by atoms with van der Waals surface area (Å²) in [4.78, 5) is 28.3. The fraction of sp³-hybridized carbons (Fsp3) is 0.450. The van der Waals surface area contributed by atoms with Crippen LogP contribution in [0.3, 0.4) is 0 Å². The van der Waals surface area contributed by atoms with E-state index in [0.717, 1.165) is 12.1 Å². The average molecular weight is 489 g/mol. The highest BCUT2D eigenvalue weighted by atomic mass is 19.4. The quantitative estimate of drug-likeness (QED) is 0.169. The first kappa shape index (κ1) is 26.9. The highest BCUT2D eigenvalue weighted by molar-refractivity contribution is 5.92. The number of rotatable bonds is 8. The minimum Gasteiger partial charge on any atom is -0.480 e. The number of ether oxygens (including phenoxy) is 1. The molecule has 11 nitrogen and oxygen atoms in total. The monoisotopic (exact) mass is 489 g/mol. The van der Waals surface area contributed by atoms with Crippen molar-refractivity contribution in [1.82, 2.24) is 10.6 Å². The Morgan fingerprint density at radius 3 is 2.32 bits per heavy atom. The van der Waals surface area contributed by atoms with Crippen molar-refractivity contribution in [1.29, 1.82) is 0 Å². The Hall–Kier alpha value is -3.36. The molecule has 0 aliphatic carbocycles. The lowest BCUT2D eigenvalue weighted by molar-refractivity contribution is -0.137. The fourth-order valence-electron chi connectivity index (χ4n) is 3.22. The first-order valence-electron chi connectivity index (χ1n) is 9.99. The maximum Gasteiger partial charge on any atom is 0.416 e. The SMILES string of the molecule is CC(=O)N[C@H]1[C@H]([C@H](O)[C@H](O)CO)OC(C(=O)NCc2ccc(C(F)(F)F)cc2)=C[C@@H]1N=C(N)N. The highest BCUT2D eigenvalue weighted by Crippen LogP contribution is 2.29. The minimum absolute atomic E-state index is 0.160. The van der Waals surface area contributed by atoms with E-state index in [2.05, 4.69) is 15.6 Å². The summed E-state index contributed by atoms with van der Waals surface area (Å²) in [5.74, 6) is -2.16. The van der Waals surface area contributed by atoms with Crippen LogP contribution in [0.5, 0.6) is 0 Å². The maximum atomic E-state index is 12.7. The largest absolute Gasteiger partial charge is 0.480 e. The first-order chi connectivity index (χ1) is 15.8. The van der Waals surface area contributed by atoms with Gasteiger partial charge in [0.15, 0.2) is 11.7 Å². The van der Waals surface area contributed by atoms with Crippen LogP contribution in [0, 0.1) is 0 Å². The summed E-state index contributed by atoms with van der Waals surface area (Å²) in [6.45, 7) is 0.167. The van der Waals surface area contributed by atoms with Crippen LogP contribution in [0.25, 0.3) is 0 Å². The number of carbonyl (C=O) groups excluding carboxylic acids is 2. The molecule has 14 heteroatoms. The topological polar surface area (TPSA) is 193 Å². The molecule has 1 aliphatic heterocycles. The van der Waals surface area contributed by atoms with Gasteiger partial charge in [0.1, 0.15) is 18.3 Å². The van der Waals surface area contributed by atoms with E-state index in [0.29, 0.717) is 5.56 Å². The fourth-order valence-corrected chi connectivity index (χ4v) is 3.22. The number of benzene rings is 1. The standard InChI is InChI=1S/C20H26F3N5O6/c1-9(30)27-15-12(28-19(24)25)6-14(34-17(15)16(32)13(31)8-29)18(33)26-7-10-2-4-11(5-3-10)20(21,22)23/h2-6,12-13,15-17,29,31-32H,7-8H2,1H3,(H,26,33)(H,27,30)(H4,24,25,28)/t12-,13+,15+,16+,17+/m0/s1. The first-order valence-corrected chi connectivity index (χ1v) is 9.99. The van der Waals surface area contributed by atoms with Gasteiger partial charge < -0.3 is 42.2 Å². The predicted octanol–water partition coefficient (Wildman–Crippen LogP) is -1.53. The van der Waals surface area contributed by atoms with Crippen LogP contribution in [0.4, 0.5) is 13.2 Å². The summed E-state index contributed by atoms with van der Waals surface area (Å²) in [7, 11) is 0. The highest BCUT2D eigenvalue weighted by Gasteiger charge is 2.43. The second-order valence-electron chi connectivity index (χ2n) is 7.50. The third-order valence-corrected chi connectivity index (χ3v) is 4.85. The van der Waals surface area contributed by atoms with Crippen LogP contribution in [0.15, 0.2) is 41.1 Å². The Kier molecular flexibility index (Phi) is 8.84. The van der Waals surface area contributed by atoms with Crippen molar-refractivity contribution in [2.45, 2.75) is 50.0 Å². The molecule has 0 saturated carbocycles. The summed E-state index contributed by atoms with van der Waals surface area (Å²) < 4.78 is 43.6. The van der Waals surface area contributed by atoms with E-state index in [-0.39, 0.29) is 12.3 Å². The summed E-state index contributed by atoms with van der Waals surface area (Å²) in [5, 5.41) is 34.4. The van der Waals surface area contributed by atoms with Gasteiger partial charge in [0.2, 0.25) is 5.91 Å². The Bertz CT molecular complexity index is 934. The Morgan fingerprint density at radius 1 is 1.21 bits per heavy atom. The summed E-state index contributed by atoms with van der Waals surface area (Å²) in [6.07, 6.45) is -8.21. The van der Waals surface area contributed by atoms with Crippen molar-refractivity contribution in [2.24, 2.45) is 16.5 Å². The van der Waals surface area contributed by atoms with Gasteiger partial charge in [-0.25, -0.2) is 4.99 Å². The normalized spacial score (nSPS) is 22.0. The van der Waals surface area contributed by atoms with E-state index in [9.17, 15) is 38.1 Å². The third kappa shape index (κ3) is 7.07. The van der Waals surface area contributed by atoms with Crippen LogP contribution in [-0.2, 0) is 27.0 Å². The predicted molar refractivity (Wildman–Crippen MR) is 113 cm³/mol. The lowest BCUT2D eigenvalue weighted by atomic mass is 9.92. The van der Waals surface area contributed by atoms with E-state index in [1.807, 2.05) is 0 Å². The zero-order chi connectivity index (χ0) is 25.6. The van der Waals surface area contributed by atoms with Crippen LogP contribution in [-0.4, -0.2) is 70.1 Å². The molecular weight excluding hydrogens is 463 g/mol. The number of nitrogens with one attached hydrogen (secondary N) is 2. The lowest BCUT2D eigenvalue weighted by Crippen LogP contribution is -2.60. The van der Waals surface area contributed by atoms with Crippen LogP contribution < -0.4 is 22.1 Å². The number of nitrogens with two attached hydrogens (primary N) is 2. The van der Waals surface area contributed by atoms with Gasteiger partial charge in [-0.05, 0) is 23.8 Å². The van der Waals surface area contributed by atoms with E-state index in [1.165, 1.54) is 25.1 Å². The number of aliphatic hydroxyl groups excluding tert-OH is 3. The number of hydrogen-bond acceptors (Lipinski definition) is 7. The van der Waals surface area contributed by atoms with Crippen molar-refractivity contribution >= 4 is 17.8 Å². The summed E-state index contributed by atoms with van der Waals surface area (Å²) >= 11 is 0. The number of amides is 2. The van der Waals surface area contributed by atoms with Gasteiger partial charge >= 0.3 is 6.18 Å². The molecule has 0 bridgehead atoms. The van der Waals surface area contributed by atoms with Gasteiger partial charge in [-0.1, -0.05) is 12.1 Å². The minimum atomic E-state index is -4.50. The molecule has 188 valence electrons. The molecule has 0 spiro atoms. The molecule has 1 heterocycles. The third-order valence-electron chi connectivity index (χ3n) is 4.85. The van der Waals surface area contributed by atoms with Crippen molar-refractivity contribution in [3.8, 4) is 0 Å². The number of hydrogen-bond donors (Lipinski definition) is 7.